The third kappa shape index (κ3) is 4.54. The molecule has 0 saturated heterocycles. The largest absolute Gasteiger partial charge is 0.497 e. The zero-order valence-corrected chi connectivity index (χ0v) is 20.7. The van der Waals surface area contributed by atoms with Crippen LogP contribution in [0.25, 0.3) is 11.5 Å². The second-order valence-electron chi connectivity index (χ2n) is 8.32. The van der Waals surface area contributed by atoms with Crippen molar-refractivity contribution in [1.82, 2.24) is 14.7 Å². The fraction of sp³-hybridized carbons (Fsp3) is 0.259. The van der Waals surface area contributed by atoms with Crippen LogP contribution in [0.3, 0.4) is 0 Å². The van der Waals surface area contributed by atoms with Crippen molar-refractivity contribution in [2.45, 2.75) is 19.1 Å². The summed E-state index contributed by atoms with van der Waals surface area (Å²) in [7, 11) is 4.97. The molecule has 1 aliphatic rings. The predicted molar refractivity (Wildman–Crippen MR) is 136 cm³/mol. The highest BCUT2D eigenvalue weighted by molar-refractivity contribution is 7.71. The fourth-order valence-electron chi connectivity index (χ4n) is 4.59. The summed E-state index contributed by atoms with van der Waals surface area (Å²) in [6, 6.07) is 22.2. The van der Waals surface area contributed by atoms with Crippen LogP contribution >= 0.6 is 12.2 Å². The van der Waals surface area contributed by atoms with Gasteiger partial charge < -0.3 is 18.6 Å². The van der Waals surface area contributed by atoms with Gasteiger partial charge in [0.25, 0.3) is 4.84 Å². The average Bonchev–Trinajstić information content (AvgIpc) is 3.28. The van der Waals surface area contributed by atoms with Crippen LogP contribution in [0.5, 0.6) is 17.2 Å². The minimum absolute atomic E-state index is 0.00259. The molecule has 2 heterocycles. The predicted octanol–water partition coefficient (Wildman–Crippen LogP) is 5.50. The molecule has 35 heavy (non-hydrogen) atoms. The van der Waals surface area contributed by atoms with Gasteiger partial charge in [-0.1, -0.05) is 30.3 Å². The summed E-state index contributed by atoms with van der Waals surface area (Å²) in [4.78, 5) is 2.69. The van der Waals surface area contributed by atoms with E-state index >= 15 is 0 Å². The SMILES string of the molecule is COc1ccc(-c2nn(CN3CCc4cc(OC)c(OC)cc4C3c3ccccc3)c(=S)o2)cc1. The molecule has 0 amide bonds. The number of rotatable bonds is 7. The second-order valence-corrected chi connectivity index (χ2v) is 8.67. The van der Waals surface area contributed by atoms with Crippen molar-refractivity contribution in [2.75, 3.05) is 27.9 Å². The Hall–Kier alpha value is -3.62. The van der Waals surface area contributed by atoms with E-state index in [-0.39, 0.29) is 6.04 Å². The molecule has 1 aliphatic heterocycles. The van der Waals surface area contributed by atoms with Crippen LogP contribution in [0.1, 0.15) is 22.7 Å². The van der Waals surface area contributed by atoms with Crippen molar-refractivity contribution in [3.8, 4) is 28.7 Å². The van der Waals surface area contributed by atoms with Crippen molar-refractivity contribution in [3.05, 3.63) is 88.3 Å². The van der Waals surface area contributed by atoms with Crippen LogP contribution in [-0.4, -0.2) is 42.6 Å². The number of methoxy groups -OCH3 is 3. The molecule has 7 nitrogen and oxygen atoms in total. The third-order valence-corrected chi connectivity index (χ3v) is 6.64. The molecule has 1 aromatic heterocycles. The first kappa shape index (κ1) is 23.1. The topological polar surface area (TPSA) is 61.9 Å². The van der Waals surface area contributed by atoms with E-state index in [1.807, 2.05) is 30.3 Å². The molecular weight excluding hydrogens is 462 g/mol. The molecule has 1 atom stereocenters. The lowest BCUT2D eigenvalue weighted by Gasteiger charge is -2.37. The average molecular weight is 490 g/mol. The van der Waals surface area contributed by atoms with E-state index in [4.69, 9.17) is 35.9 Å². The number of fused-ring (bicyclic) bond motifs is 1. The number of hydrogen-bond acceptors (Lipinski definition) is 7. The molecule has 8 heteroatoms. The first-order valence-corrected chi connectivity index (χ1v) is 11.8. The summed E-state index contributed by atoms with van der Waals surface area (Å²) >= 11 is 5.54. The van der Waals surface area contributed by atoms with E-state index in [0.717, 1.165) is 30.0 Å². The molecule has 0 aliphatic carbocycles. The Kier molecular flexibility index (Phi) is 6.57. The summed E-state index contributed by atoms with van der Waals surface area (Å²) in [6.07, 6.45) is 0.871. The molecule has 0 bridgehead atoms. The number of nitrogens with zero attached hydrogens (tertiary/aromatic N) is 3. The Morgan fingerprint density at radius 1 is 0.943 bits per heavy atom. The third-order valence-electron chi connectivity index (χ3n) is 6.35. The highest BCUT2D eigenvalue weighted by atomic mass is 32.1. The van der Waals surface area contributed by atoms with E-state index in [9.17, 15) is 0 Å². The Bertz CT molecular complexity index is 1370. The second kappa shape index (κ2) is 9.93. The van der Waals surface area contributed by atoms with Crippen LogP contribution in [0.15, 0.2) is 71.1 Å². The number of aromatic nitrogens is 2. The maximum atomic E-state index is 5.86. The van der Waals surface area contributed by atoms with Gasteiger partial charge in [-0.3, -0.25) is 4.90 Å². The van der Waals surface area contributed by atoms with Gasteiger partial charge in [0.1, 0.15) is 5.75 Å². The number of ether oxygens (including phenoxy) is 3. The van der Waals surface area contributed by atoms with E-state index < -0.39 is 0 Å². The molecule has 0 spiro atoms. The molecule has 4 aromatic rings. The Balaban J connectivity index is 1.51. The highest BCUT2D eigenvalue weighted by Gasteiger charge is 2.31. The molecule has 3 aromatic carbocycles. The van der Waals surface area contributed by atoms with Crippen LogP contribution in [0.2, 0.25) is 0 Å². The Morgan fingerprint density at radius 3 is 2.34 bits per heavy atom. The van der Waals surface area contributed by atoms with Crippen molar-refractivity contribution in [1.29, 1.82) is 0 Å². The van der Waals surface area contributed by atoms with Crippen LogP contribution in [-0.2, 0) is 13.1 Å². The molecule has 5 rings (SSSR count). The minimum Gasteiger partial charge on any atom is -0.497 e. The van der Waals surface area contributed by atoms with Gasteiger partial charge in [-0.15, -0.1) is 5.10 Å². The minimum atomic E-state index is 0.00259. The van der Waals surface area contributed by atoms with Crippen molar-refractivity contribution in [3.63, 3.8) is 0 Å². The smallest absolute Gasteiger partial charge is 0.288 e. The van der Waals surface area contributed by atoms with Crippen LogP contribution < -0.4 is 14.2 Å². The Labute approximate surface area is 209 Å². The monoisotopic (exact) mass is 489 g/mol. The lowest BCUT2D eigenvalue weighted by Crippen LogP contribution is -2.37. The molecular formula is C27H27N3O4S. The number of hydrogen-bond donors (Lipinski definition) is 0. The number of benzene rings is 3. The summed E-state index contributed by atoms with van der Waals surface area (Å²) < 4.78 is 24.0. The molecule has 0 N–H and O–H groups in total. The molecule has 0 fully saturated rings. The first-order valence-electron chi connectivity index (χ1n) is 11.4. The summed E-state index contributed by atoms with van der Waals surface area (Å²) in [5, 5.41) is 4.69. The van der Waals surface area contributed by atoms with E-state index in [2.05, 4.69) is 41.3 Å². The van der Waals surface area contributed by atoms with Crippen LogP contribution in [0, 0.1) is 4.84 Å². The normalized spacial score (nSPS) is 15.5. The highest BCUT2D eigenvalue weighted by Crippen LogP contribution is 2.41. The van der Waals surface area contributed by atoms with Gasteiger partial charge in [-0.25, -0.2) is 4.68 Å². The van der Waals surface area contributed by atoms with Gasteiger partial charge in [0.05, 0.1) is 34.0 Å². The zero-order valence-electron chi connectivity index (χ0n) is 19.9. The fourth-order valence-corrected chi connectivity index (χ4v) is 4.77. The van der Waals surface area contributed by atoms with Gasteiger partial charge in [0.2, 0.25) is 5.89 Å². The quantitative estimate of drug-likeness (QED) is 0.318. The van der Waals surface area contributed by atoms with Crippen molar-refractivity contribution >= 4 is 12.2 Å². The van der Waals surface area contributed by atoms with Gasteiger partial charge in [-0.2, -0.15) is 0 Å². The first-order chi connectivity index (χ1) is 17.1. The lowest BCUT2D eigenvalue weighted by molar-refractivity contribution is 0.153. The summed E-state index contributed by atoms with van der Waals surface area (Å²) in [5.41, 5.74) is 4.46. The van der Waals surface area contributed by atoms with Crippen molar-refractivity contribution in [2.24, 2.45) is 0 Å². The lowest BCUT2D eigenvalue weighted by atomic mass is 9.88. The van der Waals surface area contributed by atoms with Gasteiger partial charge in [0.15, 0.2) is 11.5 Å². The standard InChI is InChI=1S/C27H27N3O4S/c1-31-21-11-9-19(10-12-21)26-28-30(27(35)34-26)17-29-14-13-20-15-23(32-2)24(33-3)16-22(20)25(29)18-7-5-4-6-8-18/h4-12,15-16,25H,13-14,17H2,1-3H3. The molecule has 0 saturated carbocycles. The molecule has 0 radical (unpaired) electrons. The van der Waals surface area contributed by atoms with Crippen LogP contribution in [0.4, 0.5) is 0 Å². The van der Waals surface area contributed by atoms with Gasteiger partial charge in [-0.05, 0) is 71.7 Å². The maximum Gasteiger partial charge on any atom is 0.288 e. The van der Waals surface area contributed by atoms with Crippen molar-refractivity contribution < 1.29 is 18.6 Å². The van der Waals surface area contributed by atoms with Gasteiger partial charge in [0, 0.05) is 12.1 Å². The summed E-state index contributed by atoms with van der Waals surface area (Å²) in [5.74, 6) is 2.72. The zero-order chi connectivity index (χ0) is 24.4. The Morgan fingerprint density at radius 2 is 1.66 bits per heavy atom. The van der Waals surface area contributed by atoms with E-state index in [0.29, 0.717) is 23.1 Å². The molecule has 180 valence electrons. The van der Waals surface area contributed by atoms with E-state index in [1.54, 1.807) is 26.0 Å². The molecule has 1 unspecified atom stereocenters. The van der Waals surface area contributed by atoms with Gasteiger partial charge >= 0.3 is 0 Å². The maximum absolute atomic E-state index is 5.86. The van der Waals surface area contributed by atoms with E-state index in [1.165, 1.54) is 16.7 Å². The summed E-state index contributed by atoms with van der Waals surface area (Å²) in [6.45, 7) is 1.32.